The number of rotatable bonds is 10. The van der Waals surface area contributed by atoms with E-state index >= 15 is 0 Å². The number of carbonyl (C=O) groups is 2. The predicted octanol–water partition coefficient (Wildman–Crippen LogP) is 3.90. The zero-order chi connectivity index (χ0) is 24.8. The summed E-state index contributed by atoms with van der Waals surface area (Å²) in [5, 5.41) is 20.1. The summed E-state index contributed by atoms with van der Waals surface area (Å²) in [5.41, 5.74) is 1.07. The minimum absolute atomic E-state index is 0.127. The standard InChI is InChI=1S/C25H23FN2O5S/c1-3-14-27(17(2)15-24(29)30)22-12-13-23(21-7-5-4-6-20(21)22)28(16-25(31)32)34(33)19-10-8-18(26)9-11-19/h1,4-13,17H,14-16H2,2H3,(H,29,30)(H,31,32)/t17-,34?/m0/s1. The van der Waals surface area contributed by atoms with Gasteiger partial charge in [0.15, 0.2) is 11.0 Å². The van der Waals surface area contributed by atoms with Crippen molar-refractivity contribution in [2.75, 3.05) is 22.3 Å². The second-order valence-corrected chi connectivity index (χ2v) is 8.97. The van der Waals surface area contributed by atoms with Crippen molar-refractivity contribution >= 4 is 45.1 Å². The first-order valence-corrected chi connectivity index (χ1v) is 11.4. The predicted molar refractivity (Wildman–Crippen MR) is 130 cm³/mol. The Morgan fingerprint density at radius 3 is 2.15 bits per heavy atom. The lowest BCUT2D eigenvalue weighted by atomic mass is 10.0. The van der Waals surface area contributed by atoms with Crippen LogP contribution in [-0.2, 0) is 20.6 Å². The van der Waals surface area contributed by atoms with Gasteiger partial charge in [0.2, 0.25) is 0 Å². The van der Waals surface area contributed by atoms with Crippen LogP contribution in [0.1, 0.15) is 13.3 Å². The van der Waals surface area contributed by atoms with Crippen LogP contribution in [0.25, 0.3) is 10.8 Å². The first-order chi connectivity index (χ1) is 16.2. The van der Waals surface area contributed by atoms with Gasteiger partial charge in [-0.25, -0.2) is 8.60 Å². The van der Waals surface area contributed by atoms with Gasteiger partial charge in [0.25, 0.3) is 0 Å². The van der Waals surface area contributed by atoms with Crippen LogP contribution in [-0.4, -0.2) is 45.5 Å². The van der Waals surface area contributed by atoms with Gasteiger partial charge in [-0.2, -0.15) is 0 Å². The monoisotopic (exact) mass is 482 g/mol. The molecule has 176 valence electrons. The van der Waals surface area contributed by atoms with Gasteiger partial charge >= 0.3 is 11.9 Å². The Labute approximate surface area is 199 Å². The normalized spacial score (nSPS) is 12.5. The third-order valence-electron chi connectivity index (χ3n) is 5.21. The number of anilines is 2. The molecule has 3 rings (SSSR count). The molecule has 0 spiro atoms. The van der Waals surface area contributed by atoms with Gasteiger partial charge in [-0.3, -0.25) is 13.9 Å². The summed E-state index contributed by atoms with van der Waals surface area (Å²) in [6.07, 6.45) is 5.42. The van der Waals surface area contributed by atoms with Crippen molar-refractivity contribution in [1.82, 2.24) is 0 Å². The van der Waals surface area contributed by atoms with E-state index in [4.69, 9.17) is 6.42 Å². The highest BCUT2D eigenvalue weighted by Crippen LogP contribution is 2.36. The Bertz CT molecular complexity index is 1270. The average molecular weight is 483 g/mol. The van der Waals surface area contributed by atoms with Gasteiger partial charge in [0.05, 0.1) is 23.5 Å². The van der Waals surface area contributed by atoms with E-state index in [1.165, 1.54) is 16.4 Å². The molecular weight excluding hydrogens is 459 g/mol. The Kier molecular flexibility index (Phi) is 7.87. The summed E-state index contributed by atoms with van der Waals surface area (Å²) in [7, 11) is -1.93. The van der Waals surface area contributed by atoms with Crippen molar-refractivity contribution in [2.45, 2.75) is 24.3 Å². The highest BCUT2D eigenvalue weighted by molar-refractivity contribution is 7.86. The number of terminal acetylenes is 1. The maximum atomic E-state index is 13.4. The number of fused-ring (bicyclic) bond motifs is 1. The molecule has 3 aromatic rings. The molecule has 3 aromatic carbocycles. The largest absolute Gasteiger partial charge is 0.481 e. The molecule has 0 saturated carbocycles. The second kappa shape index (κ2) is 10.8. The summed E-state index contributed by atoms with van der Waals surface area (Å²) in [6.45, 7) is 1.36. The number of carboxylic acids is 2. The molecule has 0 aromatic heterocycles. The summed E-state index contributed by atoms with van der Waals surface area (Å²) in [5.74, 6) is -0.0852. The van der Waals surface area contributed by atoms with E-state index in [2.05, 4.69) is 5.92 Å². The first-order valence-electron chi connectivity index (χ1n) is 10.3. The topological polar surface area (TPSA) is 98.2 Å². The maximum absolute atomic E-state index is 13.4. The molecule has 0 aliphatic heterocycles. The van der Waals surface area contributed by atoms with Crippen LogP contribution >= 0.6 is 0 Å². The van der Waals surface area contributed by atoms with E-state index in [-0.39, 0.29) is 17.9 Å². The molecule has 2 atom stereocenters. The lowest BCUT2D eigenvalue weighted by Gasteiger charge is -2.31. The quantitative estimate of drug-likeness (QED) is 0.426. The molecule has 34 heavy (non-hydrogen) atoms. The van der Waals surface area contributed by atoms with Gasteiger partial charge in [-0.1, -0.05) is 30.2 Å². The highest BCUT2D eigenvalue weighted by Gasteiger charge is 2.24. The molecule has 7 nitrogen and oxygen atoms in total. The fourth-order valence-electron chi connectivity index (χ4n) is 3.71. The Hall–Kier alpha value is -3.90. The van der Waals surface area contributed by atoms with E-state index in [0.29, 0.717) is 22.1 Å². The minimum Gasteiger partial charge on any atom is -0.481 e. The molecule has 0 fully saturated rings. The van der Waals surface area contributed by atoms with Crippen molar-refractivity contribution in [3.8, 4) is 12.3 Å². The molecule has 2 N–H and O–H groups in total. The molecule has 9 heteroatoms. The number of hydrogen-bond acceptors (Lipinski definition) is 4. The Morgan fingerprint density at radius 2 is 1.59 bits per heavy atom. The van der Waals surface area contributed by atoms with Crippen LogP contribution in [0.2, 0.25) is 0 Å². The molecule has 0 heterocycles. The molecule has 0 saturated heterocycles. The lowest BCUT2D eigenvalue weighted by Crippen LogP contribution is -2.35. The van der Waals surface area contributed by atoms with Crippen molar-refractivity contribution in [1.29, 1.82) is 0 Å². The fourth-order valence-corrected chi connectivity index (χ4v) is 4.90. The summed E-state index contributed by atoms with van der Waals surface area (Å²) >= 11 is 0. The van der Waals surface area contributed by atoms with Crippen LogP contribution in [0.4, 0.5) is 15.8 Å². The van der Waals surface area contributed by atoms with Gasteiger partial charge in [0.1, 0.15) is 12.4 Å². The molecule has 0 amide bonds. The summed E-state index contributed by atoms with van der Waals surface area (Å²) in [4.78, 5) is 25.0. The number of hydrogen-bond donors (Lipinski definition) is 2. The molecule has 0 aliphatic rings. The van der Waals surface area contributed by atoms with Crippen LogP contribution in [0.3, 0.4) is 0 Å². The lowest BCUT2D eigenvalue weighted by molar-refractivity contribution is -0.137. The second-order valence-electron chi connectivity index (χ2n) is 7.56. The van der Waals surface area contributed by atoms with Gasteiger partial charge in [-0.05, 0) is 43.3 Å². The third kappa shape index (κ3) is 5.53. The van der Waals surface area contributed by atoms with Crippen LogP contribution in [0, 0.1) is 18.2 Å². The van der Waals surface area contributed by atoms with Crippen LogP contribution in [0.5, 0.6) is 0 Å². The van der Waals surface area contributed by atoms with Crippen molar-refractivity contribution < 1.29 is 28.4 Å². The number of aliphatic carboxylic acids is 2. The van der Waals surface area contributed by atoms with E-state index < -0.39 is 41.3 Å². The minimum atomic E-state index is -1.93. The number of carboxylic acid groups (broad SMARTS) is 2. The molecule has 0 aliphatic carbocycles. The molecule has 0 bridgehead atoms. The van der Waals surface area contributed by atoms with Crippen molar-refractivity contribution in [2.24, 2.45) is 0 Å². The van der Waals surface area contributed by atoms with Crippen LogP contribution in [0.15, 0.2) is 65.6 Å². The maximum Gasteiger partial charge on any atom is 0.324 e. The molecule has 0 radical (unpaired) electrons. The number of nitrogens with zero attached hydrogens (tertiary/aromatic N) is 2. The van der Waals surface area contributed by atoms with Gasteiger partial charge in [-0.15, -0.1) is 6.42 Å². The zero-order valence-corrected chi connectivity index (χ0v) is 19.2. The van der Waals surface area contributed by atoms with Crippen molar-refractivity contribution in [3.63, 3.8) is 0 Å². The highest BCUT2D eigenvalue weighted by atomic mass is 32.2. The number of benzene rings is 3. The van der Waals surface area contributed by atoms with Gasteiger partial charge < -0.3 is 15.1 Å². The van der Waals surface area contributed by atoms with E-state index in [0.717, 1.165) is 12.1 Å². The molecular formula is C25H23FN2O5S. The third-order valence-corrected chi connectivity index (χ3v) is 6.62. The Balaban J connectivity index is 2.16. The summed E-state index contributed by atoms with van der Waals surface area (Å²) in [6, 6.07) is 15.1. The SMILES string of the molecule is C#CCN(c1ccc(N(CC(=O)O)S(=O)c2ccc(F)cc2)c2ccccc12)[C@@H](C)CC(=O)O. The van der Waals surface area contributed by atoms with Gasteiger partial charge in [0, 0.05) is 22.5 Å². The van der Waals surface area contributed by atoms with Crippen molar-refractivity contribution in [3.05, 3.63) is 66.5 Å². The average Bonchev–Trinajstić information content (AvgIpc) is 2.80. The van der Waals surface area contributed by atoms with E-state index in [1.54, 1.807) is 42.2 Å². The number of halogens is 1. The van der Waals surface area contributed by atoms with E-state index in [1.807, 2.05) is 6.07 Å². The Morgan fingerprint density at radius 1 is 1.00 bits per heavy atom. The smallest absolute Gasteiger partial charge is 0.324 e. The van der Waals surface area contributed by atoms with E-state index in [9.17, 15) is 28.4 Å². The fraction of sp³-hybridized carbons (Fsp3) is 0.200. The zero-order valence-electron chi connectivity index (χ0n) is 18.3. The van der Waals surface area contributed by atoms with Crippen LogP contribution < -0.4 is 9.21 Å². The molecule has 1 unspecified atom stereocenters. The first kappa shape index (κ1) is 24.7. The summed E-state index contributed by atoms with van der Waals surface area (Å²) < 4.78 is 27.9.